The standard InChI is InChI=1S/C18H14O3/c1-3-18(19)21-15-7-9-17-13(11-15)5-4-12-10-14(20-2)6-8-16(12)17/h3-11H,1H2,2H3. The van der Waals surface area contributed by atoms with E-state index in [1.54, 1.807) is 13.2 Å². The summed E-state index contributed by atoms with van der Waals surface area (Å²) in [7, 11) is 1.66. The van der Waals surface area contributed by atoms with Crippen molar-refractivity contribution >= 4 is 27.5 Å². The highest BCUT2D eigenvalue weighted by Crippen LogP contribution is 2.30. The number of hydrogen-bond donors (Lipinski definition) is 0. The average molecular weight is 278 g/mol. The minimum absolute atomic E-state index is 0.458. The van der Waals surface area contributed by atoms with Crippen molar-refractivity contribution in [3.63, 3.8) is 0 Å². The first-order valence-electron chi connectivity index (χ1n) is 6.56. The number of carbonyl (C=O) groups is 1. The van der Waals surface area contributed by atoms with Crippen molar-refractivity contribution in [3.05, 3.63) is 61.2 Å². The van der Waals surface area contributed by atoms with Gasteiger partial charge in [0.05, 0.1) is 7.11 Å². The first kappa shape index (κ1) is 13.2. The molecule has 0 aliphatic rings. The molecule has 3 rings (SSSR count). The van der Waals surface area contributed by atoms with Crippen LogP contribution in [0.25, 0.3) is 21.5 Å². The monoisotopic (exact) mass is 278 g/mol. The van der Waals surface area contributed by atoms with Crippen LogP contribution in [0.5, 0.6) is 11.5 Å². The van der Waals surface area contributed by atoms with Gasteiger partial charge >= 0.3 is 5.97 Å². The highest BCUT2D eigenvalue weighted by Gasteiger charge is 2.05. The lowest BCUT2D eigenvalue weighted by Crippen LogP contribution is -2.02. The molecule has 0 radical (unpaired) electrons. The summed E-state index contributed by atoms with van der Waals surface area (Å²) in [6.45, 7) is 3.39. The molecule has 0 aromatic heterocycles. The Morgan fingerprint density at radius 2 is 1.52 bits per heavy atom. The number of ether oxygens (including phenoxy) is 2. The van der Waals surface area contributed by atoms with Gasteiger partial charge < -0.3 is 9.47 Å². The average Bonchev–Trinajstić information content (AvgIpc) is 2.53. The molecule has 3 aromatic carbocycles. The van der Waals surface area contributed by atoms with Crippen LogP contribution in [0.3, 0.4) is 0 Å². The van der Waals surface area contributed by atoms with Gasteiger partial charge in [0.15, 0.2) is 0 Å². The summed E-state index contributed by atoms with van der Waals surface area (Å²) in [6.07, 6.45) is 1.15. The van der Waals surface area contributed by atoms with Crippen LogP contribution in [0.15, 0.2) is 61.2 Å². The first-order valence-corrected chi connectivity index (χ1v) is 6.56. The van der Waals surface area contributed by atoms with Gasteiger partial charge in [-0.05, 0) is 45.8 Å². The van der Waals surface area contributed by atoms with Crippen LogP contribution in [0.4, 0.5) is 0 Å². The Balaban J connectivity index is 2.13. The summed E-state index contributed by atoms with van der Waals surface area (Å²) >= 11 is 0. The number of hydrogen-bond acceptors (Lipinski definition) is 3. The lowest BCUT2D eigenvalue weighted by Gasteiger charge is -2.08. The zero-order chi connectivity index (χ0) is 14.8. The largest absolute Gasteiger partial charge is 0.497 e. The molecule has 0 saturated carbocycles. The molecule has 0 fully saturated rings. The highest BCUT2D eigenvalue weighted by molar-refractivity contribution is 6.08. The summed E-state index contributed by atoms with van der Waals surface area (Å²) in [5.41, 5.74) is 0. The van der Waals surface area contributed by atoms with E-state index in [4.69, 9.17) is 9.47 Å². The van der Waals surface area contributed by atoms with Crippen molar-refractivity contribution in [1.82, 2.24) is 0 Å². The van der Waals surface area contributed by atoms with Crippen molar-refractivity contribution in [3.8, 4) is 11.5 Å². The summed E-state index contributed by atoms with van der Waals surface area (Å²) in [6, 6.07) is 15.6. The fourth-order valence-electron chi connectivity index (χ4n) is 2.38. The van der Waals surface area contributed by atoms with Gasteiger partial charge in [-0.3, -0.25) is 0 Å². The number of benzene rings is 3. The lowest BCUT2D eigenvalue weighted by atomic mass is 10.0. The zero-order valence-corrected chi connectivity index (χ0v) is 11.6. The van der Waals surface area contributed by atoms with Crippen LogP contribution in [0.1, 0.15) is 0 Å². The third kappa shape index (κ3) is 2.46. The highest BCUT2D eigenvalue weighted by atomic mass is 16.5. The van der Waals surface area contributed by atoms with Crippen LogP contribution in [-0.2, 0) is 4.79 Å². The Bertz CT molecular complexity index is 850. The Hall–Kier alpha value is -2.81. The lowest BCUT2D eigenvalue weighted by molar-refractivity contribution is -0.128. The molecular weight excluding hydrogens is 264 g/mol. The van der Waals surface area contributed by atoms with E-state index in [0.717, 1.165) is 33.4 Å². The van der Waals surface area contributed by atoms with Crippen molar-refractivity contribution < 1.29 is 14.3 Å². The van der Waals surface area contributed by atoms with E-state index in [0.29, 0.717) is 5.75 Å². The molecule has 0 heterocycles. The fraction of sp³-hybridized carbons (Fsp3) is 0.0556. The minimum atomic E-state index is -0.458. The first-order chi connectivity index (χ1) is 10.2. The minimum Gasteiger partial charge on any atom is -0.497 e. The van der Waals surface area contributed by atoms with Gasteiger partial charge in [-0.15, -0.1) is 0 Å². The number of methoxy groups -OCH3 is 1. The maximum Gasteiger partial charge on any atom is 0.335 e. The smallest absolute Gasteiger partial charge is 0.335 e. The van der Waals surface area contributed by atoms with E-state index in [1.165, 1.54) is 0 Å². The summed E-state index contributed by atoms with van der Waals surface area (Å²) in [4.78, 5) is 11.2. The van der Waals surface area contributed by atoms with E-state index in [2.05, 4.69) is 6.58 Å². The summed E-state index contributed by atoms with van der Waals surface area (Å²) in [5, 5.41) is 4.36. The molecule has 0 unspecified atom stereocenters. The van der Waals surface area contributed by atoms with E-state index in [-0.39, 0.29) is 0 Å². The number of carbonyl (C=O) groups excluding carboxylic acids is 1. The van der Waals surface area contributed by atoms with Gasteiger partial charge in [0.2, 0.25) is 0 Å². The Morgan fingerprint density at radius 3 is 2.10 bits per heavy atom. The number of esters is 1. The molecule has 0 saturated heterocycles. The molecule has 0 aliphatic carbocycles. The Morgan fingerprint density at radius 1 is 0.952 bits per heavy atom. The number of rotatable bonds is 3. The Labute approximate surface area is 122 Å². The van der Waals surface area contributed by atoms with Crippen molar-refractivity contribution in [2.45, 2.75) is 0 Å². The van der Waals surface area contributed by atoms with Gasteiger partial charge in [-0.1, -0.05) is 30.8 Å². The molecule has 104 valence electrons. The normalized spacial score (nSPS) is 10.5. The predicted molar refractivity (Wildman–Crippen MR) is 83.8 cm³/mol. The van der Waals surface area contributed by atoms with E-state index < -0.39 is 5.97 Å². The molecule has 0 N–H and O–H groups in total. The second-order valence-corrected chi connectivity index (χ2v) is 4.66. The van der Waals surface area contributed by atoms with Crippen LogP contribution >= 0.6 is 0 Å². The van der Waals surface area contributed by atoms with Gasteiger partial charge in [-0.2, -0.15) is 0 Å². The molecule has 21 heavy (non-hydrogen) atoms. The molecule has 3 heteroatoms. The van der Waals surface area contributed by atoms with E-state index in [1.807, 2.05) is 42.5 Å². The topological polar surface area (TPSA) is 35.5 Å². The summed E-state index contributed by atoms with van der Waals surface area (Å²) < 4.78 is 10.4. The fourth-order valence-corrected chi connectivity index (χ4v) is 2.38. The van der Waals surface area contributed by atoms with Gasteiger partial charge in [0.25, 0.3) is 0 Å². The predicted octanol–water partition coefficient (Wildman–Crippen LogP) is 4.09. The molecule has 0 spiro atoms. The maximum atomic E-state index is 11.2. The van der Waals surface area contributed by atoms with Crippen molar-refractivity contribution in [1.29, 1.82) is 0 Å². The molecule has 0 amide bonds. The third-order valence-corrected chi connectivity index (χ3v) is 3.40. The van der Waals surface area contributed by atoms with Crippen LogP contribution in [0.2, 0.25) is 0 Å². The second-order valence-electron chi connectivity index (χ2n) is 4.66. The summed E-state index contributed by atoms with van der Waals surface area (Å²) in [5.74, 6) is 0.888. The molecule has 3 nitrogen and oxygen atoms in total. The molecule has 0 atom stereocenters. The zero-order valence-electron chi connectivity index (χ0n) is 11.6. The third-order valence-electron chi connectivity index (χ3n) is 3.40. The maximum absolute atomic E-state index is 11.2. The van der Waals surface area contributed by atoms with Crippen molar-refractivity contribution in [2.24, 2.45) is 0 Å². The Kier molecular flexibility index (Phi) is 3.32. The van der Waals surface area contributed by atoms with E-state index in [9.17, 15) is 4.79 Å². The van der Waals surface area contributed by atoms with E-state index >= 15 is 0 Å². The van der Waals surface area contributed by atoms with Crippen molar-refractivity contribution in [2.75, 3.05) is 7.11 Å². The SMILES string of the molecule is C=CC(=O)Oc1ccc2c(ccc3cc(OC)ccc32)c1. The molecule has 0 bridgehead atoms. The van der Waals surface area contributed by atoms with Gasteiger partial charge in [-0.25, -0.2) is 4.79 Å². The van der Waals surface area contributed by atoms with Crippen LogP contribution < -0.4 is 9.47 Å². The molecule has 3 aromatic rings. The molecule has 0 aliphatic heterocycles. The quantitative estimate of drug-likeness (QED) is 0.313. The number of fused-ring (bicyclic) bond motifs is 3. The molecular formula is C18H14O3. The van der Waals surface area contributed by atoms with Crippen LogP contribution in [0, 0.1) is 0 Å². The van der Waals surface area contributed by atoms with Gasteiger partial charge in [0, 0.05) is 6.08 Å². The second kappa shape index (κ2) is 5.29. The van der Waals surface area contributed by atoms with Gasteiger partial charge in [0.1, 0.15) is 11.5 Å². The van der Waals surface area contributed by atoms with Crippen LogP contribution in [-0.4, -0.2) is 13.1 Å².